The van der Waals surface area contributed by atoms with Gasteiger partial charge in [-0.1, -0.05) is 91.0 Å². The molecule has 0 bridgehead atoms. The average molecular weight is 645 g/mol. The third-order valence-corrected chi connectivity index (χ3v) is 8.11. The molecule has 2 amide bonds. The summed E-state index contributed by atoms with van der Waals surface area (Å²) in [6, 6.07) is 28.9. The molecule has 0 spiro atoms. The number of rotatable bonds is 8. The molecule has 4 atom stereocenters. The lowest BCUT2D eigenvalue weighted by Gasteiger charge is -2.39. The van der Waals surface area contributed by atoms with Crippen molar-refractivity contribution in [1.82, 2.24) is 10.2 Å². The van der Waals surface area contributed by atoms with Crippen molar-refractivity contribution >= 4 is 12.2 Å². The summed E-state index contributed by atoms with van der Waals surface area (Å²) in [6.07, 6.45) is -2.28. The number of nitrogens with zero attached hydrogens (tertiary/aromatic N) is 1. The molecule has 9 heteroatoms. The van der Waals surface area contributed by atoms with E-state index in [-0.39, 0.29) is 13.2 Å². The second-order valence-corrected chi connectivity index (χ2v) is 14.6. The molecule has 2 fully saturated rings. The van der Waals surface area contributed by atoms with E-state index in [9.17, 15) is 9.59 Å². The summed E-state index contributed by atoms with van der Waals surface area (Å²) in [6.45, 7) is 14.7. The van der Waals surface area contributed by atoms with Crippen LogP contribution in [-0.2, 0) is 29.3 Å². The lowest BCUT2D eigenvalue weighted by atomic mass is 9.80. The van der Waals surface area contributed by atoms with Crippen molar-refractivity contribution in [3.63, 3.8) is 0 Å². The summed E-state index contributed by atoms with van der Waals surface area (Å²) in [5, 5.41) is 2.85. The standard InChI is InChI=1S/C38H48N2O7/c1-35(2,3)46-33(41)39-24-29-31-32(45-37(7,8)44-31)30(40(29)34(42)47-36(4,5)6)25-43-38(26-18-12-9-13-19-26,27-20-14-10-15-21-27)28-22-16-11-17-23-28/h9-23,29-32H,24-25H2,1-8H3,(H,39,41)/t29-,30-,31-,32+/m0/s1. The predicted octanol–water partition coefficient (Wildman–Crippen LogP) is 7.03. The third-order valence-electron chi connectivity index (χ3n) is 8.11. The van der Waals surface area contributed by atoms with Crippen molar-refractivity contribution < 1.29 is 33.3 Å². The Morgan fingerprint density at radius 2 is 1.13 bits per heavy atom. The Hall–Kier alpha value is -3.92. The Bertz CT molecular complexity index is 1400. The van der Waals surface area contributed by atoms with E-state index in [1.807, 2.05) is 89.2 Å². The van der Waals surface area contributed by atoms with Crippen LogP contribution in [0.25, 0.3) is 0 Å². The number of likely N-dealkylation sites (tertiary alicyclic amines) is 1. The maximum atomic E-state index is 14.1. The first-order valence-electron chi connectivity index (χ1n) is 16.2. The summed E-state index contributed by atoms with van der Waals surface area (Å²) in [5.41, 5.74) is 0.314. The quantitative estimate of drug-likeness (QED) is 0.263. The Morgan fingerprint density at radius 1 is 0.702 bits per heavy atom. The second-order valence-electron chi connectivity index (χ2n) is 14.6. The van der Waals surface area contributed by atoms with Crippen LogP contribution in [0.5, 0.6) is 0 Å². The molecule has 0 saturated carbocycles. The van der Waals surface area contributed by atoms with Gasteiger partial charge in [0, 0.05) is 6.54 Å². The highest BCUT2D eigenvalue weighted by Gasteiger charge is 2.60. The van der Waals surface area contributed by atoms with Crippen LogP contribution < -0.4 is 5.32 Å². The van der Waals surface area contributed by atoms with Crippen LogP contribution in [0.2, 0.25) is 0 Å². The van der Waals surface area contributed by atoms with Gasteiger partial charge in [0.05, 0.1) is 18.7 Å². The number of ether oxygens (including phenoxy) is 5. The molecule has 3 aromatic carbocycles. The van der Waals surface area contributed by atoms with Crippen LogP contribution in [0.1, 0.15) is 72.1 Å². The molecule has 2 heterocycles. The van der Waals surface area contributed by atoms with Gasteiger partial charge in [-0.2, -0.15) is 0 Å². The van der Waals surface area contributed by atoms with Gasteiger partial charge in [-0.05, 0) is 72.1 Å². The highest BCUT2D eigenvalue weighted by atomic mass is 16.8. The van der Waals surface area contributed by atoms with Crippen molar-refractivity contribution in [2.45, 2.75) is 102 Å². The van der Waals surface area contributed by atoms with Crippen molar-refractivity contribution in [1.29, 1.82) is 0 Å². The number of fused-ring (bicyclic) bond motifs is 1. The van der Waals surface area contributed by atoms with Crippen molar-refractivity contribution in [2.75, 3.05) is 13.2 Å². The first kappa shape index (κ1) is 34.4. The van der Waals surface area contributed by atoms with E-state index in [0.29, 0.717) is 0 Å². The highest BCUT2D eigenvalue weighted by molar-refractivity contribution is 5.71. The Balaban J connectivity index is 1.57. The van der Waals surface area contributed by atoms with Gasteiger partial charge < -0.3 is 29.0 Å². The predicted molar refractivity (Wildman–Crippen MR) is 179 cm³/mol. The van der Waals surface area contributed by atoms with Gasteiger partial charge >= 0.3 is 12.2 Å². The summed E-state index contributed by atoms with van der Waals surface area (Å²) in [7, 11) is 0. The van der Waals surface area contributed by atoms with Crippen LogP contribution in [0.3, 0.4) is 0 Å². The number of amides is 2. The van der Waals surface area contributed by atoms with Gasteiger partial charge in [-0.3, -0.25) is 4.90 Å². The molecule has 9 nitrogen and oxygen atoms in total. The fourth-order valence-electron chi connectivity index (χ4n) is 6.43. The van der Waals surface area contributed by atoms with Crippen molar-refractivity contribution in [3.8, 4) is 0 Å². The Labute approximate surface area is 278 Å². The SMILES string of the molecule is CC(C)(C)OC(=O)NC[C@H]1[C@@H]2OC(C)(C)O[C@@H]2[C@H](COC(c2ccccc2)(c2ccccc2)c2ccccc2)N1C(=O)OC(C)(C)C. The van der Waals surface area contributed by atoms with Crippen LogP contribution in [0, 0.1) is 0 Å². The fourth-order valence-corrected chi connectivity index (χ4v) is 6.43. The number of hydrogen-bond donors (Lipinski definition) is 1. The largest absolute Gasteiger partial charge is 0.444 e. The smallest absolute Gasteiger partial charge is 0.411 e. The van der Waals surface area contributed by atoms with Gasteiger partial charge in [0.15, 0.2) is 5.79 Å². The number of hydrogen-bond acceptors (Lipinski definition) is 7. The minimum absolute atomic E-state index is 0.0620. The summed E-state index contributed by atoms with van der Waals surface area (Å²) >= 11 is 0. The van der Waals surface area contributed by atoms with Gasteiger partial charge in [-0.15, -0.1) is 0 Å². The summed E-state index contributed by atoms with van der Waals surface area (Å²) < 4.78 is 31.6. The number of benzene rings is 3. The maximum Gasteiger partial charge on any atom is 0.411 e. The molecule has 2 aliphatic rings. The molecular formula is C38H48N2O7. The van der Waals surface area contributed by atoms with E-state index in [2.05, 4.69) is 41.7 Å². The van der Waals surface area contributed by atoms with Crippen LogP contribution in [0.15, 0.2) is 91.0 Å². The summed E-state index contributed by atoms with van der Waals surface area (Å²) in [5.74, 6) is -0.923. The van der Waals surface area contributed by atoms with Gasteiger partial charge in [0.25, 0.3) is 0 Å². The number of carbonyl (C=O) groups excluding carboxylic acids is 2. The van der Waals surface area contributed by atoms with Gasteiger partial charge in [0.2, 0.25) is 0 Å². The lowest BCUT2D eigenvalue weighted by molar-refractivity contribution is -0.171. The molecule has 252 valence electrons. The topological polar surface area (TPSA) is 95.6 Å². The summed E-state index contributed by atoms with van der Waals surface area (Å²) in [4.78, 5) is 28.5. The monoisotopic (exact) mass is 644 g/mol. The molecule has 0 aliphatic carbocycles. The molecule has 0 unspecified atom stereocenters. The van der Waals surface area contributed by atoms with E-state index in [1.54, 1.807) is 25.7 Å². The molecule has 2 saturated heterocycles. The highest BCUT2D eigenvalue weighted by Crippen LogP contribution is 2.44. The molecule has 3 aromatic rings. The zero-order valence-electron chi connectivity index (χ0n) is 28.7. The van der Waals surface area contributed by atoms with E-state index in [4.69, 9.17) is 23.7 Å². The van der Waals surface area contributed by atoms with Gasteiger partial charge in [0.1, 0.15) is 29.0 Å². The molecule has 1 N–H and O–H groups in total. The molecule has 0 radical (unpaired) electrons. The normalized spacial score (nSPS) is 22.4. The lowest BCUT2D eigenvalue weighted by Crippen LogP contribution is -2.54. The van der Waals surface area contributed by atoms with E-state index < -0.39 is 59.1 Å². The van der Waals surface area contributed by atoms with Crippen molar-refractivity contribution in [2.24, 2.45) is 0 Å². The molecule has 47 heavy (non-hydrogen) atoms. The zero-order chi connectivity index (χ0) is 34.0. The molecular weight excluding hydrogens is 596 g/mol. The first-order chi connectivity index (χ1) is 22.1. The van der Waals surface area contributed by atoms with Gasteiger partial charge in [-0.25, -0.2) is 9.59 Å². The minimum Gasteiger partial charge on any atom is -0.444 e. The molecule has 5 rings (SSSR count). The number of carbonyl (C=O) groups is 2. The fraction of sp³-hybridized carbons (Fsp3) is 0.474. The average Bonchev–Trinajstić information content (AvgIpc) is 3.46. The van der Waals surface area contributed by atoms with E-state index in [1.165, 1.54) is 0 Å². The Morgan fingerprint density at radius 3 is 1.55 bits per heavy atom. The minimum atomic E-state index is -1.03. The Kier molecular flexibility index (Phi) is 9.74. The maximum absolute atomic E-state index is 14.1. The first-order valence-corrected chi connectivity index (χ1v) is 16.2. The molecule has 2 aliphatic heterocycles. The van der Waals surface area contributed by atoms with E-state index in [0.717, 1.165) is 16.7 Å². The van der Waals surface area contributed by atoms with Crippen LogP contribution in [0.4, 0.5) is 9.59 Å². The second kappa shape index (κ2) is 13.3. The number of nitrogens with one attached hydrogen (secondary N) is 1. The van der Waals surface area contributed by atoms with Crippen LogP contribution in [-0.4, -0.2) is 71.5 Å². The molecule has 0 aromatic heterocycles. The van der Waals surface area contributed by atoms with Crippen molar-refractivity contribution in [3.05, 3.63) is 108 Å². The number of alkyl carbamates (subject to hydrolysis) is 1. The van der Waals surface area contributed by atoms with Crippen LogP contribution >= 0.6 is 0 Å². The zero-order valence-corrected chi connectivity index (χ0v) is 28.7. The van der Waals surface area contributed by atoms with E-state index >= 15 is 0 Å². The third kappa shape index (κ3) is 7.80.